The minimum Gasteiger partial charge on any atom is -0.329 e. The lowest BCUT2D eigenvalue weighted by atomic mass is 9.85. The average Bonchev–Trinajstić information content (AvgIpc) is 2.15. The van der Waals surface area contributed by atoms with Crippen LogP contribution in [0.1, 0.15) is 31.9 Å². The fourth-order valence-corrected chi connectivity index (χ4v) is 2.40. The Hall–Kier alpha value is -0.860. The molecular weight excluding hydrogens is 208 g/mol. The normalized spacial score (nSPS) is 14.1. The summed E-state index contributed by atoms with van der Waals surface area (Å²) in [4.78, 5) is 2.36. The number of likely N-dealkylation sites (N-methyl/N-ethyl adjacent to an activating group) is 1. The van der Waals surface area contributed by atoms with E-state index in [-0.39, 0.29) is 5.41 Å². The molecule has 2 heteroatoms. The second kappa shape index (κ2) is 5.65. The third kappa shape index (κ3) is 4.14. The molecule has 0 saturated heterocycles. The Kier molecular flexibility index (Phi) is 4.72. The van der Waals surface area contributed by atoms with E-state index in [1.165, 1.54) is 11.1 Å². The Bertz CT molecular complexity index is 352. The number of benzene rings is 1. The van der Waals surface area contributed by atoms with Crippen molar-refractivity contribution >= 4 is 0 Å². The lowest BCUT2D eigenvalue weighted by molar-refractivity contribution is 0.125. The fourth-order valence-electron chi connectivity index (χ4n) is 2.40. The number of nitrogens with zero attached hydrogens (tertiary/aromatic N) is 1. The maximum absolute atomic E-state index is 5.90. The van der Waals surface area contributed by atoms with E-state index in [2.05, 4.69) is 63.9 Å². The summed E-state index contributed by atoms with van der Waals surface area (Å²) >= 11 is 0. The van der Waals surface area contributed by atoms with Gasteiger partial charge in [0, 0.05) is 19.1 Å². The van der Waals surface area contributed by atoms with E-state index in [0.29, 0.717) is 12.6 Å². The lowest BCUT2D eigenvalue weighted by Gasteiger charge is -2.37. The number of nitrogens with two attached hydrogens (primary N) is 1. The molecule has 0 fully saturated rings. The molecule has 1 aromatic carbocycles. The number of hydrogen-bond acceptors (Lipinski definition) is 2. The van der Waals surface area contributed by atoms with Crippen LogP contribution in [0.3, 0.4) is 0 Å². The van der Waals surface area contributed by atoms with E-state index < -0.39 is 0 Å². The quantitative estimate of drug-likeness (QED) is 0.868. The molecule has 0 saturated carbocycles. The maximum Gasteiger partial charge on any atom is 0.0267 e. The zero-order chi connectivity index (χ0) is 13.1. The summed E-state index contributed by atoms with van der Waals surface area (Å²) in [5, 5.41) is 0. The van der Waals surface area contributed by atoms with Crippen LogP contribution in [0.15, 0.2) is 24.3 Å². The molecule has 0 aliphatic heterocycles. The first-order valence-corrected chi connectivity index (χ1v) is 6.30. The molecule has 0 amide bonds. The monoisotopic (exact) mass is 234 g/mol. The van der Waals surface area contributed by atoms with E-state index in [1.54, 1.807) is 0 Å². The van der Waals surface area contributed by atoms with Gasteiger partial charge < -0.3 is 5.73 Å². The molecule has 2 nitrogen and oxygen atoms in total. The first-order chi connectivity index (χ1) is 7.84. The van der Waals surface area contributed by atoms with Gasteiger partial charge in [0.1, 0.15) is 0 Å². The molecule has 1 aromatic rings. The third-order valence-electron chi connectivity index (χ3n) is 3.27. The Morgan fingerprint density at radius 2 is 1.94 bits per heavy atom. The molecule has 96 valence electrons. The van der Waals surface area contributed by atoms with E-state index in [4.69, 9.17) is 5.73 Å². The summed E-state index contributed by atoms with van der Waals surface area (Å²) in [6.07, 6.45) is 0. The standard InChI is InChI=1S/C15H26N2/c1-12-7-6-8-13(9-12)11-17(5)14(10-16)15(2,3)4/h6-9,14H,10-11,16H2,1-5H3. The number of rotatable bonds is 4. The van der Waals surface area contributed by atoms with Crippen molar-refractivity contribution in [2.24, 2.45) is 11.1 Å². The van der Waals surface area contributed by atoms with Gasteiger partial charge >= 0.3 is 0 Å². The van der Waals surface area contributed by atoms with Crippen molar-refractivity contribution in [1.29, 1.82) is 0 Å². The predicted molar refractivity (Wildman–Crippen MR) is 74.9 cm³/mol. The lowest BCUT2D eigenvalue weighted by Crippen LogP contribution is -2.46. The second-order valence-corrected chi connectivity index (χ2v) is 6.02. The summed E-state index contributed by atoms with van der Waals surface area (Å²) in [5.74, 6) is 0. The molecule has 0 heterocycles. The summed E-state index contributed by atoms with van der Waals surface area (Å²) in [7, 11) is 2.16. The van der Waals surface area contributed by atoms with Crippen molar-refractivity contribution in [3.05, 3.63) is 35.4 Å². The summed E-state index contributed by atoms with van der Waals surface area (Å²) in [6.45, 7) is 10.5. The number of hydrogen-bond donors (Lipinski definition) is 1. The molecule has 2 N–H and O–H groups in total. The van der Waals surface area contributed by atoms with Crippen LogP contribution in [0.2, 0.25) is 0 Å². The number of aryl methyl sites for hydroxylation is 1. The Morgan fingerprint density at radius 3 is 2.41 bits per heavy atom. The maximum atomic E-state index is 5.90. The van der Waals surface area contributed by atoms with E-state index >= 15 is 0 Å². The van der Waals surface area contributed by atoms with Crippen LogP contribution >= 0.6 is 0 Å². The van der Waals surface area contributed by atoms with E-state index in [0.717, 1.165) is 6.54 Å². The largest absolute Gasteiger partial charge is 0.329 e. The molecule has 1 unspecified atom stereocenters. The minimum absolute atomic E-state index is 0.216. The first-order valence-electron chi connectivity index (χ1n) is 6.30. The predicted octanol–water partition coefficient (Wildman–Crippen LogP) is 2.80. The summed E-state index contributed by atoms with van der Waals surface area (Å²) < 4.78 is 0. The van der Waals surface area contributed by atoms with Crippen molar-refractivity contribution < 1.29 is 0 Å². The SMILES string of the molecule is Cc1cccc(CN(C)C(CN)C(C)(C)C)c1. The Morgan fingerprint density at radius 1 is 1.29 bits per heavy atom. The Balaban J connectivity index is 2.74. The van der Waals surface area contributed by atoms with Crippen molar-refractivity contribution in [2.75, 3.05) is 13.6 Å². The molecule has 0 aliphatic carbocycles. The fraction of sp³-hybridized carbons (Fsp3) is 0.600. The van der Waals surface area contributed by atoms with Crippen LogP contribution in [-0.2, 0) is 6.54 Å². The van der Waals surface area contributed by atoms with Gasteiger partial charge in [0.25, 0.3) is 0 Å². The van der Waals surface area contributed by atoms with Crippen LogP contribution in [0.25, 0.3) is 0 Å². The average molecular weight is 234 g/mol. The molecule has 17 heavy (non-hydrogen) atoms. The first kappa shape index (κ1) is 14.2. The summed E-state index contributed by atoms with van der Waals surface area (Å²) in [6, 6.07) is 9.08. The van der Waals surface area contributed by atoms with Gasteiger partial charge in [-0.3, -0.25) is 4.90 Å². The van der Waals surface area contributed by atoms with Gasteiger partial charge in [0.15, 0.2) is 0 Å². The molecule has 0 aromatic heterocycles. The molecule has 0 bridgehead atoms. The van der Waals surface area contributed by atoms with E-state index in [9.17, 15) is 0 Å². The minimum atomic E-state index is 0.216. The zero-order valence-electron chi connectivity index (χ0n) is 11.8. The topological polar surface area (TPSA) is 29.3 Å². The highest BCUT2D eigenvalue weighted by atomic mass is 15.1. The van der Waals surface area contributed by atoms with Gasteiger partial charge in [-0.25, -0.2) is 0 Å². The molecule has 0 radical (unpaired) electrons. The van der Waals surface area contributed by atoms with Crippen molar-refractivity contribution in [2.45, 2.75) is 40.3 Å². The molecular formula is C15H26N2. The van der Waals surface area contributed by atoms with Crippen LogP contribution in [0, 0.1) is 12.3 Å². The van der Waals surface area contributed by atoms with Gasteiger partial charge in [0.2, 0.25) is 0 Å². The van der Waals surface area contributed by atoms with Gasteiger partial charge in [0.05, 0.1) is 0 Å². The highest BCUT2D eigenvalue weighted by Gasteiger charge is 2.26. The van der Waals surface area contributed by atoms with Gasteiger partial charge in [-0.05, 0) is 24.9 Å². The van der Waals surface area contributed by atoms with Crippen molar-refractivity contribution in [1.82, 2.24) is 4.90 Å². The second-order valence-electron chi connectivity index (χ2n) is 6.02. The summed E-state index contributed by atoms with van der Waals surface area (Å²) in [5.41, 5.74) is 8.79. The van der Waals surface area contributed by atoms with Crippen molar-refractivity contribution in [3.8, 4) is 0 Å². The zero-order valence-corrected chi connectivity index (χ0v) is 11.8. The van der Waals surface area contributed by atoms with Gasteiger partial charge in [-0.1, -0.05) is 50.6 Å². The Labute approximate surface area is 106 Å². The molecule has 0 spiro atoms. The third-order valence-corrected chi connectivity index (χ3v) is 3.27. The van der Waals surface area contributed by atoms with Crippen LogP contribution < -0.4 is 5.73 Å². The van der Waals surface area contributed by atoms with Crippen LogP contribution in [-0.4, -0.2) is 24.5 Å². The van der Waals surface area contributed by atoms with Gasteiger partial charge in [-0.15, -0.1) is 0 Å². The molecule has 1 rings (SSSR count). The van der Waals surface area contributed by atoms with Crippen LogP contribution in [0.5, 0.6) is 0 Å². The molecule has 1 atom stereocenters. The highest BCUT2D eigenvalue weighted by Crippen LogP contribution is 2.24. The highest BCUT2D eigenvalue weighted by molar-refractivity contribution is 5.22. The molecule has 0 aliphatic rings. The van der Waals surface area contributed by atoms with Gasteiger partial charge in [-0.2, -0.15) is 0 Å². The smallest absolute Gasteiger partial charge is 0.0267 e. The van der Waals surface area contributed by atoms with Crippen molar-refractivity contribution in [3.63, 3.8) is 0 Å². The van der Waals surface area contributed by atoms with Crippen LogP contribution in [0.4, 0.5) is 0 Å². The van der Waals surface area contributed by atoms with E-state index in [1.807, 2.05) is 0 Å².